The van der Waals surface area contributed by atoms with Crippen LogP contribution in [0.25, 0.3) is 33.8 Å². The van der Waals surface area contributed by atoms with E-state index in [1.54, 1.807) is 4.68 Å². The number of fused-ring (bicyclic) bond motifs is 2. The largest absolute Gasteiger partial charge is 0.324 e. The molecule has 0 radical (unpaired) electrons. The first-order valence-corrected chi connectivity index (χ1v) is 9.42. The predicted molar refractivity (Wildman–Crippen MR) is 113 cm³/mol. The second-order valence-electron chi connectivity index (χ2n) is 7.28. The van der Waals surface area contributed by atoms with Crippen LogP contribution in [0.1, 0.15) is 36.4 Å². The highest BCUT2D eigenvalue weighted by atomic mass is 35.5. The van der Waals surface area contributed by atoms with E-state index in [-0.39, 0.29) is 18.4 Å². The summed E-state index contributed by atoms with van der Waals surface area (Å²) in [5, 5.41) is 4.44. The van der Waals surface area contributed by atoms with Gasteiger partial charge in [-0.2, -0.15) is 5.10 Å². The fourth-order valence-corrected chi connectivity index (χ4v) is 3.99. The van der Waals surface area contributed by atoms with Gasteiger partial charge in [0.1, 0.15) is 11.2 Å². The first kappa shape index (κ1) is 18.7. The summed E-state index contributed by atoms with van der Waals surface area (Å²) in [4.78, 5) is 12.6. The second-order valence-corrected chi connectivity index (χ2v) is 7.28. The summed E-state index contributed by atoms with van der Waals surface area (Å²) in [6.07, 6.45) is 8.28. The molecule has 144 valence electrons. The number of imidazole rings is 1. The van der Waals surface area contributed by atoms with Crippen molar-refractivity contribution in [2.75, 3.05) is 0 Å². The lowest BCUT2D eigenvalue weighted by Gasteiger charge is -2.14. The average Bonchev–Trinajstić information content (AvgIpc) is 3.26. The van der Waals surface area contributed by atoms with Crippen LogP contribution in [0.5, 0.6) is 0 Å². The molecule has 1 aliphatic rings. The maximum absolute atomic E-state index is 6.36. The van der Waals surface area contributed by atoms with E-state index in [2.05, 4.69) is 33.3 Å². The number of aromatic nitrogens is 5. The van der Waals surface area contributed by atoms with Crippen molar-refractivity contribution in [3.8, 4) is 22.6 Å². The Kier molecular flexibility index (Phi) is 4.91. The highest BCUT2D eigenvalue weighted by molar-refractivity contribution is 5.91. The van der Waals surface area contributed by atoms with Gasteiger partial charge in [-0.25, -0.2) is 9.97 Å². The van der Waals surface area contributed by atoms with E-state index in [4.69, 9.17) is 10.7 Å². The molecule has 28 heavy (non-hydrogen) atoms. The number of nitrogens with two attached hydrogens (primary N) is 1. The smallest absolute Gasteiger partial charge is 0.160 e. The van der Waals surface area contributed by atoms with Gasteiger partial charge in [-0.1, -0.05) is 24.6 Å². The average molecular weight is 395 g/mol. The Morgan fingerprint density at radius 1 is 1.18 bits per heavy atom. The number of hydrogen-bond donors (Lipinski definition) is 2. The summed E-state index contributed by atoms with van der Waals surface area (Å²) in [6.45, 7) is 0. The van der Waals surface area contributed by atoms with Crippen molar-refractivity contribution in [1.82, 2.24) is 24.7 Å². The summed E-state index contributed by atoms with van der Waals surface area (Å²) in [6, 6.07) is 10.8. The number of H-pyrrole nitrogens is 1. The van der Waals surface area contributed by atoms with Gasteiger partial charge in [-0.15, -0.1) is 12.4 Å². The summed E-state index contributed by atoms with van der Waals surface area (Å²) < 4.78 is 1.77. The minimum atomic E-state index is 0. The van der Waals surface area contributed by atoms with Crippen molar-refractivity contribution in [2.24, 2.45) is 12.8 Å². The van der Waals surface area contributed by atoms with Crippen LogP contribution in [0.4, 0.5) is 0 Å². The third kappa shape index (κ3) is 3.19. The highest BCUT2D eigenvalue weighted by Crippen LogP contribution is 2.33. The van der Waals surface area contributed by atoms with Gasteiger partial charge >= 0.3 is 0 Å². The molecule has 1 aromatic carbocycles. The van der Waals surface area contributed by atoms with Gasteiger partial charge in [0.25, 0.3) is 0 Å². The Balaban J connectivity index is 0.00000192. The zero-order valence-corrected chi connectivity index (χ0v) is 16.5. The normalized spacial score (nSPS) is 16.4. The van der Waals surface area contributed by atoms with Crippen LogP contribution in [0.15, 0.2) is 42.7 Å². The van der Waals surface area contributed by atoms with Crippen LogP contribution in [-0.4, -0.2) is 24.7 Å². The number of nitrogens with zero attached hydrogens (tertiary/aromatic N) is 4. The maximum Gasteiger partial charge on any atom is 0.160 e. The van der Waals surface area contributed by atoms with Crippen molar-refractivity contribution < 1.29 is 0 Å². The fraction of sp³-hybridized carbons (Fsp3) is 0.286. The molecule has 0 saturated heterocycles. The van der Waals surface area contributed by atoms with E-state index in [0.29, 0.717) is 0 Å². The number of hydrogen-bond acceptors (Lipinski definition) is 4. The first-order valence-electron chi connectivity index (χ1n) is 9.42. The molecule has 5 rings (SSSR count). The number of nitrogens with one attached hydrogen (secondary N) is 1. The summed E-state index contributed by atoms with van der Waals surface area (Å²) in [5.74, 6) is 0.738. The van der Waals surface area contributed by atoms with Gasteiger partial charge in [0.05, 0.1) is 0 Å². The molecule has 3 N–H and O–H groups in total. The maximum atomic E-state index is 6.36. The van der Waals surface area contributed by atoms with Crippen LogP contribution in [0, 0.1) is 0 Å². The topological polar surface area (TPSA) is 85.4 Å². The van der Waals surface area contributed by atoms with E-state index >= 15 is 0 Å². The van der Waals surface area contributed by atoms with Crippen molar-refractivity contribution in [3.05, 3.63) is 53.9 Å². The third-order valence-electron chi connectivity index (χ3n) is 5.41. The lowest BCUT2D eigenvalue weighted by atomic mass is 9.94. The molecule has 0 fully saturated rings. The highest BCUT2D eigenvalue weighted by Gasteiger charge is 2.18. The summed E-state index contributed by atoms with van der Waals surface area (Å²) in [5.41, 5.74) is 13.7. The number of aromatic amines is 1. The van der Waals surface area contributed by atoms with Gasteiger partial charge in [-0.3, -0.25) is 4.68 Å². The van der Waals surface area contributed by atoms with Gasteiger partial charge < -0.3 is 10.7 Å². The molecule has 1 aliphatic carbocycles. The predicted octanol–water partition coefficient (Wildman–Crippen LogP) is 4.17. The third-order valence-corrected chi connectivity index (χ3v) is 5.41. The Morgan fingerprint density at radius 2 is 2.07 bits per heavy atom. The van der Waals surface area contributed by atoms with E-state index in [1.807, 2.05) is 31.6 Å². The van der Waals surface area contributed by atoms with Gasteiger partial charge in [0, 0.05) is 31.0 Å². The SMILES string of the molecule is Cl.Cn1ccc(-c2nc3c(-c4ccc5c(c4)CCCCC5N)ccnc3[nH]2)n1. The van der Waals surface area contributed by atoms with Crippen molar-refractivity contribution >= 4 is 23.6 Å². The minimum Gasteiger partial charge on any atom is -0.324 e. The second kappa shape index (κ2) is 7.37. The lowest BCUT2D eigenvalue weighted by Crippen LogP contribution is -2.10. The molecule has 0 aliphatic heterocycles. The van der Waals surface area contributed by atoms with E-state index < -0.39 is 0 Å². The number of aryl methyl sites for hydroxylation is 2. The van der Waals surface area contributed by atoms with Crippen LogP contribution < -0.4 is 5.73 Å². The Hall–Kier alpha value is -2.70. The molecule has 7 heteroatoms. The van der Waals surface area contributed by atoms with Crippen molar-refractivity contribution in [1.29, 1.82) is 0 Å². The van der Waals surface area contributed by atoms with E-state index in [0.717, 1.165) is 46.7 Å². The molecule has 4 aromatic rings. The van der Waals surface area contributed by atoms with E-state index in [9.17, 15) is 0 Å². The first-order chi connectivity index (χ1) is 13.2. The molecular weight excluding hydrogens is 372 g/mol. The van der Waals surface area contributed by atoms with Gasteiger partial charge in [0.15, 0.2) is 11.5 Å². The van der Waals surface area contributed by atoms with Crippen LogP contribution >= 0.6 is 12.4 Å². The molecule has 0 saturated carbocycles. The zero-order valence-electron chi connectivity index (χ0n) is 15.7. The van der Waals surface area contributed by atoms with Crippen LogP contribution in [0.2, 0.25) is 0 Å². The monoisotopic (exact) mass is 394 g/mol. The number of pyridine rings is 1. The molecule has 0 bridgehead atoms. The lowest BCUT2D eigenvalue weighted by molar-refractivity contribution is 0.615. The van der Waals surface area contributed by atoms with E-state index in [1.165, 1.54) is 24.0 Å². The molecule has 0 spiro atoms. The molecule has 3 aromatic heterocycles. The molecule has 0 amide bonds. The standard InChI is InChI=1S/C21H22N6.ClH/c1-27-11-9-18(26-27)20-24-19-16(8-10-23-21(19)25-20)14-6-7-15-13(12-14)4-2-3-5-17(15)22;/h6-12,17H,2-5,22H2,1H3,(H,23,24,25);1H. The van der Waals surface area contributed by atoms with Gasteiger partial charge in [0.2, 0.25) is 0 Å². The minimum absolute atomic E-state index is 0. The zero-order chi connectivity index (χ0) is 18.4. The number of benzene rings is 1. The summed E-state index contributed by atoms with van der Waals surface area (Å²) in [7, 11) is 1.90. The van der Waals surface area contributed by atoms with Crippen molar-refractivity contribution in [2.45, 2.75) is 31.7 Å². The molecule has 1 unspecified atom stereocenters. The molecule has 3 heterocycles. The number of halogens is 1. The van der Waals surface area contributed by atoms with Gasteiger partial charge in [-0.05, 0) is 48.1 Å². The fourth-order valence-electron chi connectivity index (χ4n) is 3.99. The number of rotatable bonds is 2. The quantitative estimate of drug-likeness (QED) is 0.499. The molecule has 1 atom stereocenters. The molecular formula is C21H23ClN6. The van der Waals surface area contributed by atoms with Crippen molar-refractivity contribution in [3.63, 3.8) is 0 Å². The Morgan fingerprint density at radius 3 is 2.89 bits per heavy atom. The Bertz CT molecular complexity index is 1130. The summed E-state index contributed by atoms with van der Waals surface area (Å²) >= 11 is 0. The van der Waals surface area contributed by atoms with Crippen LogP contribution in [-0.2, 0) is 13.5 Å². The van der Waals surface area contributed by atoms with Crippen LogP contribution in [0.3, 0.4) is 0 Å². The Labute approximate surface area is 169 Å². The molecule has 6 nitrogen and oxygen atoms in total.